The van der Waals surface area contributed by atoms with Gasteiger partial charge in [-0.2, -0.15) is 0 Å². The van der Waals surface area contributed by atoms with Crippen LogP contribution in [0.3, 0.4) is 0 Å². The Labute approximate surface area is 155 Å². The van der Waals surface area contributed by atoms with E-state index < -0.39 is 21.7 Å². The van der Waals surface area contributed by atoms with Crippen LogP contribution in [0.1, 0.15) is 26.7 Å². The second-order valence-corrected chi connectivity index (χ2v) is 7.89. The molecule has 0 aliphatic carbocycles. The zero-order valence-corrected chi connectivity index (χ0v) is 16.1. The Morgan fingerprint density at radius 3 is 2.56 bits per heavy atom. The van der Waals surface area contributed by atoms with E-state index in [-0.39, 0.29) is 24.6 Å². The Bertz CT molecular complexity index is 664. The van der Waals surface area contributed by atoms with E-state index in [0.29, 0.717) is 24.5 Å². The van der Waals surface area contributed by atoms with Crippen molar-refractivity contribution >= 4 is 34.0 Å². The fourth-order valence-corrected chi connectivity index (χ4v) is 3.80. The molecule has 1 saturated heterocycles. The number of carbonyl (C=O) groups excluding carboxylic acids is 1. The van der Waals surface area contributed by atoms with Crippen molar-refractivity contribution in [2.24, 2.45) is 5.73 Å². The number of nitrogens with zero attached hydrogens (tertiary/aromatic N) is 1. The van der Waals surface area contributed by atoms with E-state index >= 15 is 0 Å². The van der Waals surface area contributed by atoms with Crippen molar-refractivity contribution in [3.8, 4) is 5.75 Å². The Morgan fingerprint density at radius 1 is 1.36 bits per heavy atom. The fraction of sp³-hybridized carbons (Fsp3) is 0.562. The second-order valence-electron chi connectivity index (χ2n) is 6.17. The number of hydrogen-bond donors (Lipinski definition) is 2. The van der Waals surface area contributed by atoms with Gasteiger partial charge in [0.25, 0.3) is 0 Å². The normalized spacial score (nSPS) is 17.3. The Kier molecular flexibility index (Phi) is 7.98. The van der Waals surface area contributed by atoms with Crippen molar-refractivity contribution < 1.29 is 17.9 Å². The van der Waals surface area contributed by atoms with Crippen LogP contribution >= 0.6 is 12.4 Å². The Hall–Kier alpha value is -1.51. The third-order valence-electron chi connectivity index (χ3n) is 3.78. The van der Waals surface area contributed by atoms with E-state index in [0.717, 1.165) is 12.8 Å². The largest absolute Gasteiger partial charge is 0.491 e. The van der Waals surface area contributed by atoms with Crippen molar-refractivity contribution in [1.29, 1.82) is 0 Å². The summed E-state index contributed by atoms with van der Waals surface area (Å²) in [5.41, 5.74) is 6.03. The molecule has 1 amide bonds. The summed E-state index contributed by atoms with van der Waals surface area (Å²) in [4.78, 5) is 13.8. The molecule has 25 heavy (non-hydrogen) atoms. The predicted octanol–water partition coefficient (Wildman–Crippen LogP) is 1.59. The summed E-state index contributed by atoms with van der Waals surface area (Å²) in [5.74, 6) is -0.324. The quantitative estimate of drug-likeness (QED) is 0.734. The van der Waals surface area contributed by atoms with Crippen LogP contribution in [0.2, 0.25) is 0 Å². The van der Waals surface area contributed by atoms with Crippen LogP contribution in [0, 0.1) is 0 Å². The molecule has 0 aromatic heterocycles. The number of halogens is 1. The van der Waals surface area contributed by atoms with Crippen molar-refractivity contribution in [2.45, 2.75) is 38.8 Å². The van der Waals surface area contributed by atoms with Gasteiger partial charge in [0.1, 0.15) is 11.5 Å². The van der Waals surface area contributed by atoms with E-state index in [1.54, 1.807) is 29.2 Å². The summed E-state index contributed by atoms with van der Waals surface area (Å²) < 4.78 is 32.3. The number of nitrogens with one attached hydrogen (secondary N) is 1. The minimum Gasteiger partial charge on any atom is -0.491 e. The maximum atomic E-state index is 12.2. The summed E-state index contributed by atoms with van der Waals surface area (Å²) in [6.07, 6.45) is 1.73. The van der Waals surface area contributed by atoms with Gasteiger partial charge in [0.15, 0.2) is 0 Å². The van der Waals surface area contributed by atoms with Gasteiger partial charge in [0, 0.05) is 24.8 Å². The topological polar surface area (TPSA) is 102 Å². The molecule has 3 N–H and O–H groups in total. The molecule has 1 fully saturated rings. The SMILES string of the molecule is CC(C)Oc1ccc(NS(=O)(=O)CC(=O)N2CCCC2CN)cc1.Cl. The number of amides is 1. The maximum absolute atomic E-state index is 12.2. The van der Waals surface area contributed by atoms with Gasteiger partial charge >= 0.3 is 0 Å². The van der Waals surface area contributed by atoms with Gasteiger partial charge < -0.3 is 15.4 Å². The second kappa shape index (κ2) is 9.26. The number of likely N-dealkylation sites (tertiary alicyclic amines) is 1. The molecule has 0 radical (unpaired) electrons. The first kappa shape index (κ1) is 21.5. The summed E-state index contributed by atoms with van der Waals surface area (Å²) >= 11 is 0. The van der Waals surface area contributed by atoms with Crippen molar-refractivity contribution in [1.82, 2.24) is 4.90 Å². The fourth-order valence-electron chi connectivity index (χ4n) is 2.74. The smallest absolute Gasteiger partial charge is 0.241 e. The average Bonchev–Trinajstić information content (AvgIpc) is 2.96. The lowest BCUT2D eigenvalue weighted by Gasteiger charge is -2.23. The lowest BCUT2D eigenvalue weighted by Crippen LogP contribution is -2.43. The van der Waals surface area contributed by atoms with Crippen molar-refractivity contribution in [3.63, 3.8) is 0 Å². The minimum atomic E-state index is -3.76. The zero-order chi connectivity index (χ0) is 17.7. The van der Waals surface area contributed by atoms with Crippen LogP contribution in [-0.2, 0) is 14.8 Å². The van der Waals surface area contributed by atoms with Gasteiger partial charge in [0.2, 0.25) is 15.9 Å². The highest BCUT2D eigenvalue weighted by atomic mass is 35.5. The number of nitrogens with two attached hydrogens (primary N) is 1. The lowest BCUT2D eigenvalue weighted by molar-refractivity contribution is -0.129. The monoisotopic (exact) mass is 391 g/mol. The highest BCUT2D eigenvalue weighted by molar-refractivity contribution is 7.93. The minimum absolute atomic E-state index is 0. The summed E-state index contributed by atoms with van der Waals surface area (Å²) in [5, 5.41) is 0. The van der Waals surface area contributed by atoms with Gasteiger partial charge in [-0.3, -0.25) is 9.52 Å². The van der Waals surface area contributed by atoms with Gasteiger partial charge in [-0.1, -0.05) is 0 Å². The predicted molar refractivity (Wildman–Crippen MR) is 101 cm³/mol. The average molecular weight is 392 g/mol. The van der Waals surface area contributed by atoms with Crippen LogP contribution in [0.5, 0.6) is 5.75 Å². The molecule has 0 bridgehead atoms. The summed E-state index contributed by atoms with van der Waals surface area (Å²) in [7, 11) is -3.76. The molecular formula is C16H26ClN3O4S. The van der Waals surface area contributed by atoms with E-state index in [2.05, 4.69) is 4.72 Å². The van der Waals surface area contributed by atoms with Crippen molar-refractivity contribution in [2.75, 3.05) is 23.6 Å². The van der Waals surface area contributed by atoms with Gasteiger partial charge in [-0.05, 0) is 51.0 Å². The molecule has 1 atom stereocenters. The molecule has 1 heterocycles. The molecule has 1 aliphatic rings. The molecular weight excluding hydrogens is 366 g/mol. The number of ether oxygens (including phenoxy) is 1. The van der Waals surface area contributed by atoms with Gasteiger partial charge in [0.05, 0.1) is 6.10 Å². The third kappa shape index (κ3) is 6.37. The van der Waals surface area contributed by atoms with E-state index in [4.69, 9.17) is 10.5 Å². The molecule has 1 unspecified atom stereocenters. The number of rotatable bonds is 7. The molecule has 7 nitrogen and oxygen atoms in total. The van der Waals surface area contributed by atoms with Crippen LogP contribution in [-0.4, -0.2) is 50.2 Å². The van der Waals surface area contributed by atoms with E-state index in [1.807, 2.05) is 13.8 Å². The molecule has 9 heteroatoms. The van der Waals surface area contributed by atoms with Crippen LogP contribution in [0.15, 0.2) is 24.3 Å². The third-order valence-corrected chi connectivity index (χ3v) is 4.96. The van der Waals surface area contributed by atoms with Gasteiger partial charge in [-0.25, -0.2) is 8.42 Å². The maximum Gasteiger partial charge on any atom is 0.241 e. The standard InChI is InChI=1S/C16H25N3O4S.ClH/c1-12(2)23-15-7-5-13(6-8-15)18-24(21,22)11-16(20)19-9-3-4-14(19)10-17;/h5-8,12,14,18H,3-4,9-11,17H2,1-2H3;1H. The van der Waals surface area contributed by atoms with Gasteiger partial charge in [-0.15, -0.1) is 12.4 Å². The van der Waals surface area contributed by atoms with Crippen molar-refractivity contribution in [3.05, 3.63) is 24.3 Å². The molecule has 0 spiro atoms. The number of benzene rings is 1. The number of sulfonamides is 1. The highest BCUT2D eigenvalue weighted by Crippen LogP contribution is 2.19. The Morgan fingerprint density at radius 2 is 2.00 bits per heavy atom. The first-order chi connectivity index (χ1) is 11.3. The number of carbonyl (C=O) groups is 1. The van der Waals surface area contributed by atoms with Crippen LogP contribution in [0.25, 0.3) is 0 Å². The zero-order valence-electron chi connectivity index (χ0n) is 14.5. The molecule has 1 aliphatic heterocycles. The highest BCUT2D eigenvalue weighted by Gasteiger charge is 2.30. The first-order valence-corrected chi connectivity index (χ1v) is 9.72. The molecule has 1 aromatic rings. The lowest BCUT2D eigenvalue weighted by atomic mass is 10.2. The Balaban J connectivity index is 0.00000312. The molecule has 142 valence electrons. The van der Waals surface area contributed by atoms with E-state index in [9.17, 15) is 13.2 Å². The van der Waals surface area contributed by atoms with Crippen LogP contribution in [0.4, 0.5) is 5.69 Å². The van der Waals surface area contributed by atoms with Crippen LogP contribution < -0.4 is 15.2 Å². The first-order valence-electron chi connectivity index (χ1n) is 8.07. The molecule has 1 aromatic carbocycles. The number of anilines is 1. The molecule has 2 rings (SSSR count). The number of hydrogen-bond acceptors (Lipinski definition) is 5. The summed E-state index contributed by atoms with van der Waals surface area (Å²) in [6, 6.07) is 6.53. The molecule has 0 saturated carbocycles. The summed E-state index contributed by atoms with van der Waals surface area (Å²) in [6.45, 7) is 4.75. The van der Waals surface area contributed by atoms with E-state index in [1.165, 1.54) is 0 Å².